The van der Waals surface area contributed by atoms with Gasteiger partial charge in [-0.1, -0.05) is 51.8 Å². The third-order valence-electron chi connectivity index (χ3n) is 4.69. The molecule has 0 aromatic heterocycles. The summed E-state index contributed by atoms with van der Waals surface area (Å²) in [7, 11) is 1.53. The number of methoxy groups -OCH3 is 1. The number of benzene rings is 3. The Morgan fingerprint density at radius 2 is 1.91 bits per heavy atom. The van der Waals surface area contributed by atoms with E-state index in [1.807, 2.05) is 37.3 Å². The maximum absolute atomic E-state index is 12.6. The zero-order valence-corrected chi connectivity index (χ0v) is 21.7. The number of hydrogen-bond donors (Lipinski definition) is 1. The van der Waals surface area contributed by atoms with Crippen molar-refractivity contribution >= 4 is 61.1 Å². The zero-order chi connectivity index (χ0) is 24.0. The highest BCUT2D eigenvalue weighted by atomic mass is 79.9. The van der Waals surface area contributed by atoms with Crippen LogP contribution in [0.15, 0.2) is 69.1 Å². The number of carbonyl (C=O) groups excluding carboxylic acids is 1. The number of ether oxygens (including phenoxy) is 2. The minimum atomic E-state index is -0.540. The third kappa shape index (κ3) is 6.38. The number of rotatable bonds is 7. The largest absolute Gasteiger partial charge is 0.493 e. The van der Waals surface area contributed by atoms with Crippen LogP contribution >= 0.6 is 43.5 Å². The van der Waals surface area contributed by atoms with Gasteiger partial charge in [0.25, 0.3) is 5.91 Å². The molecule has 3 rings (SSSR count). The molecule has 0 bridgehead atoms. The smallest absolute Gasteiger partial charge is 0.266 e. The minimum Gasteiger partial charge on any atom is -0.493 e. The monoisotopic (exact) mass is 588 g/mol. The molecular formula is C25H19Br2ClN2O3. The number of halogens is 3. The Morgan fingerprint density at radius 3 is 2.58 bits per heavy atom. The highest BCUT2D eigenvalue weighted by Gasteiger charge is 2.15. The van der Waals surface area contributed by atoms with E-state index in [4.69, 9.17) is 21.1 Å². The maximum Gasteiger partial charge on any atom is 0.266 e. The zero-order valence-electron chi connectivity index (χ0n) is 17.8. The number of anilines is 1. The molecule has 0 saturated carbocycles. The van der Waals surface area contributed by atoms with Crippen LogP contribution < -0.4 is 14.8 Å². The summed E-state index contributed by atoms with van der Waals surface area (Å²) in [5.41, 5.74) is 2.91. The Morgan fingerprint density at radius 1 is 1.15 bits per heavy atom. The third-order valence-corrected chi connectivity index (χ3v) is 6.46. The number of carbonyl (C=O) groups is 1. The predicted molar refractivity (Wildman–Crippen MR) is 138 cm³/mol. The number of nitrogens with zero attached hydrogens (tertiary/aromatic N) is 1. The van der Waals surface area contributed by atoms with Crippen LogP contribution in [0.2, 0.25) is 5.02 Å². The Kier molecular flexibility index (Phi) is 8.56. The van der Waals surface area contributed by atoms with E-state index in [1.54, 1.807) is 30.3 Å². The van der Waals surface area contributed by atoms with Gasteiger partial charge >= 0.3 is 0 Å². The first-order valence-corrected chi connectivity index (χ1v) is 11.7. The van der Waals surface area contributed by atoms with Crippen LogP contribution in [0.25, 0.3) is 6.08 Å². The fraction of sp³-hybridized carbons (Fsp3) is 0.120. The van der Waals surface area contributed by atoms with Gasteiger partial charge in [0.15, 0.2) is 11.5 Å². The number of aryl methyl sites for hydroxylation is 1. The molecule has 0 atom stereocenters. The summed E-state index contributed by atoms with van der Waals surface area (Å²) in [4.78, 5) is 12.6. The molecule has 1 amide bonds. The van der Waals surface area contributed by atoms with Crippen LogP contribution in [0.1, 0.15) is 16.7 Å². The maximum atomic E-state index is 12.6. The van der Waals surface area contributed by atoms with Gasteiger partial charge in [0.05, 0.1) is 11.6 Å². The first-order chi connectivity index (χ1) is 15.8. The number of amides is 1. The second kappa shape index (κ2) is 11.4. The van der Waals surface area contributed by atoms with Crippen LogP contribution in [0.4, 0.5) is 5.69 Å². The van der Waals surface area contributed by atoms with Gasteiger partial charge in [0.1, 0.15) is 18.2 Å². The van der Waals surface area contributed by atoms with Crippen molar-refractivity contribution in [2.45, 2.75) is 13.5 Å². The van der Waals surface area contributed by atoms with E-state index in [0.29, 0.717) is 38.9 Å². The lowest BCUT2D eigenvalue weighted by atomic mass is 10.1. The van der Waals surface area contributed by atoms with E-state index in [9.17, 15) is 10.1 Å². The fourth-order valence-corrected chi connectivity index (χ4v) is 4.07. The molecule has 3 aromatic rings. The van der Waals surface area contributed by atoms with E-state index in [2.05, 4.69) is 37.2 Å². The molecule has 5 nitrogen and oxygen atoms in total. The molecule has 0 unspecified atom stereocenters. The summed E-state index contributed by atoms with van der Waals surface area (Å²) in [6, 6.07) is 18.3. The normalized spacial score (nSPS) is 11.0. The van der Waals surface area contributed by atoms with E-state index < -0.39 is 5.91 Å². The number of hydrogen-bond acceptors (Lipinski definition) is 4. The van der Waals surface area contributed by atoms with Crippen LogP contribution in [-0.2, 0) is 11.4 Å². The SMILES string of the molecule is COc1cc(/C=C(\C#N)C(=O)Nc2ccc(C)c(Cl)c2)cc(Br)c1OCc1ccccc1Br. The van der Waals surface area contributed by atoms with Crippen molar-refractivity contribution in [1.82, 2.24) is 0 Å². The lowest BCUT2D eigenvalue weighted by molar-refractivity contribution is -0.112. The number of nitriles is 1. The molecule has 0 aliphatic heterocycles. The van der Waals surface area contributed by atoms with Crippen LogP contribution in [0.5, 0.6) is 11.5 Å². The van der Waals surface area contributed by atoms with E-state index in [0.717, 1.165) is 15.6 Å². The van der Waals surface area contributed by atoms with Gasteiger partial charge in [-0.15, -0.1) is 0 Å². The van der Waals surface area contributed by atoms with Gasteiger partial charge in [0, 0.05) is 20.7 Å². The first kappa shape index (κ1) is 24.8. The van der Waals surface area contributed by atoms with Crippen molar-refractivity contribution in [1.29, 1.82) is 5.26 Å². The van der Waals surface area contributed by atoms with E-state index >= 15 is 0 Å². The molecule has 0 saturated heterocycles. The van der Waals surface area contributed by atoms with Crippen molar-refractivity contribution in [3.8, 4) is 17.6 Å². The summed E-state index contributed by atoms with van der Waals surface area (Å²) in [6.07, 6.45) is 1.48. The second-order valence-electron chi connectivity index (χ2n) is 7.00. The Balaban J connectivity index is 1.83. The van der Waals surface area contributed by atoms with Crippen LogP contribution in [-0.4, -0.2) is 13.0 Å². The molecule has 0 radical (unpaired) electrons. The molecule has 8 heteroatoms. The van der Waals surface area contributed by atoms with Crippen molar-refractivity contribution in [3.05, 3.63) is 90.8 Å². The Hall–Kier alpha value is -2.79. The molecule has 1 N–H and O–H groups in total. The molecule has 0 aliphatic carbocycles. The first-order valence-electron chi connectivity index (χ1n) is 9.75. The summed E-state index contributed by atoms with van der Waals surface area (Å²) in [5, 5.41) is 12.8. The summed E-state index contributed by atoms with van der Waals surface area (Å²) in [5.74, 6) is 0.440. The quantitative estimate of drug-likeness (QED) is 0.231. The van der Waals surface area contributed by atoms with Crippen molar-refractivity contribution in [2.75, 3.05) is 12.4 Å². The highest BCUT2D eigenvalue weighted by Crippen LogP contribution is 2.38. The van der Waals surface area contributed by atoms with Gasteiger partial charge in [0.2, 0.25) is 0 Å². The molecule has 33 heavy (non-hydrogen) atoms. The highest BCUT2D eigenvalue weighted by molar-refractivity contribution is 9.10. The van der Waals surface area contributed by atoms with E-state index in [-0.39, 0.29) is 5.57 Å². The molecular weight excluding hydrogens is 572 g/mol. The molecule has 0 spiro atoms. The second-order valence-corrected chi connectivity index (χ2v) is 9.12. The average Bonchev–Trinajstić information content (AvgIpc) is 2.79. The van der Waals surface area contributed by atoms with Gasteiger partial charge in [-0.05, 0) is 70.4 Å². The predicted octanol–water partition coefficient (Wildman–Crippen LogP) is 7.31. The Bertz CT molecular complexity index is 1270. The van der Waals surface area contributed by atoms with Gasteiger partial charge < -0.3 is 14.8 Å². The summed E-state index contributed by atoms with van der Waals surface area (Å²) in [6.45, 7) is 2.20. The summed E-state index contributed by atoms with van der Waals surface area (Å²) < 4.78 is 13.0. The van der Waals surface area contributed by atoms with Gasteiger partial charge in [-0.2, -0.15) is 5.26 Å². The van der Waals surface area contributed by atoms with E-state index in [1.165, 1.54) is 13.2 Å². The fourth-order valence-electron chi connectivity index (χ4n) is 2.91. The van der Waals surface area contributed by atoms with Crippen molar-refractivity contribution in [2.24, 2.45) is 0 Å². The van der Waals surface area contributed by atoms with Gasteiger partial charge in [-0.3, -0.25) is 4.79 Å². The van der Waals surface area contributed by atoms with Gasteiger partial charge in [-0.25, -0.2) is 0 Å². The number of nitrogens with one attached hydrogen (secondary N) is 1. The van der Waals surface area contributed by atoms with Crippen LogP contribution in [0.3, 0.4) is 0 Å². The Labute approximate surface area is 214 Å². The molecule has 168 valence electrons. The lowest BCUT2D eigenvalue weighted by Gasteiger charge is -2.14. The minimum absolute atomic E-state index is 0.0671. The van der Waals surface area contributed by atoms with Crippen molar-refractivity contribution < 1.29 is 14.3 Å². The lowest BCUT2D eigenvalue weighted by Crippen LogP contribution is -2.13. The molecule has 0 heterocycles. The standard InChI is InChI=1S/C25H19Br2ClN2O3/c1-15-7-8-19(12-22(15)28)30-25(31)18(13-29)9-16-10-21(27)24(23(11-16)32-2)33-14-17-5-3-4-6-20(17)26/h3-12H,14H2,1-2H3,(H,30,31)/b18-9+. The molecule has 0 aliphatic rings. The summed E-state index contributed by atoms with van der Waals surface area (Å²) >= 11 is 13.1. The molecule has 3 aromatic carbocycles. The van der Waals surface area contributed by atoms with Crippen molar-refractivity contribution in [3.63, 3.8) is 0 Å². The average molecular weight is 591 g/mol. The van der Waals surface area contributed by atoms with Crippen LogP contribution in [0, 0.1) is 18.3 Å². The molecule has 0 fully saturated rings. The topological polar surface area (TPSA) is 71.3 Å².